The van der Waals surface area contributed by atoms with E-state index in [2.05, 4.69) is 4.90 Å². The van der Waals surface area contributed by atoms with Crippen LogP contribution in [0, 0.1) is 13.8 Å². The van der Waals surface area contributed by atoms with Crippen molar-refractivity contribution in [3.05, 3.63) is 53.1 Å². The van der Waals surface area contributed by atoms with Gasteiger partial charge in [-0.25, -0.2) is 8.42 Å². The summed E-state index contributed by atoms with van der Waals surface area (Å²) in [6.07, 6.45) is 0. The molecule has 0 atom stereocenters. The number of rotatable bonds is 4. The molecular weight excluding hydrogens is 364 g/mol. The Morgan fingerprint density at radius 2 is 1.67 bits per heavy atom. The predicted molar refractivity (Wildman–Crippen MR) is 103 cm³/mol. The molecule has 144 valence electrons. The van der Waals surface area contributed by atoms with E-state index in [9.17, 15) is 8.42 Å². The highest BCUT2D eigenvalue weighted by molar-refractivity contribution is 7.89. The molecule has 2 aliphatic heterocycles. The van der Waals surface area contributed by atoms with E-state index in [4.69, 9.17) is 9.47 Å². The van der Waals surface area contributed by atoms with Crippen molar-refractivity contribution in [1.29, 1.82) is 0 Å². The Balaban J connectivity index is 1.42. The van der Waals surface area contributed by atoms with Crippen LogP contribution in [0.2, 0.25) is 0 Å². The first kappa shape index (κ1) is 18.3. The summed E-state index contributed by atoms with van der Waals surface area (Å²) in [5, 5.41) is 0. The number of piperazine rings is 1. The summed E-state index contributed by atoms with van der Waals surface area (Å²) in [6.45, 7) is 7.23. The lowest BCUT2D eigenvalue weighted by Gasteiger charge is -2.34. The third kappa shape index (κ3) is 3.67. The molecule has 2 aromatic carbocycles. The van der Waals surface area contributed by atoms with Crippen molar-refractivity contribution < 1.29 is 17.9 Å². The van der Waals surface area contributed by atoms with Crippen molar-refractivity contribution in [1.82, 2.24) is 9.21 Å². The molecule has 0 aliphatic carbocycles. The van der Waals surface area contributed by atoms with Crippen LogP contribution in [-0.2, 0) is 16.6 Å². The van der Waals surface area contributed by atoms with E-state index < -0.39 is 10.0 Å². The Kier molecular flexibility index (Phi) is 4.84. The molecule has 0 N–H and O–H groups in total. The minimum Gasteiger partial charge on any atom is -0.454 e. The van der Waals surface area contributed by atoms with Gasteiger partial charge in [-0.15, -0.1) is 0 Å². The van der Waals surface area contributed by atoms with E-state index in [1.165, 1.54) is 0 Å². The van der Waals surface area contributed by atoms with E-state index in [1.54, 1.807) is 10.4 Å². The van der Waals surface area contributed by atoms with E-state index in [0.29, 0.717) is 31.1 Å². The van der Waals surface area contributed by atoms with Gasteiger partial charge in [-0.2, -0.15) is 4.31 Å². The summed E-state index contributed by atoms with van der Waals surface area (Å²) in [6, 6.07) is 11.5. The second-order valence-electron chi connectivity index (χ2n) is 7.14. The standard InChI is InChI=1S/C20H24N2O4S/c1-15-3-4-16(2)20(11-15)27(23,24)22-9-7-21(8-10-22)13-17-5-6-18-19(12-17)26-14-25-18/h3-6,11-12H,7-10,13-14H2,1-2H3. The third-order valence-electron chi connectivity index (χ3n) is 5.14. The Bertz CT molecular complexity index is 950. The molecular formula is C20H24N2O4S. The Labute approximate surface area is 160 Å². The fourth-order valence-corrected chi connectivity index (χ4v) is 5.28. The lowest BCUT2D eigenvalue weighted by Crippen LogP contribution is -2.48. The maximum atomic E-state index is 13.0. The zero-order valence-electron chi connectivity index (χ0n) is 15.6. The van der Waals surface area contributed by atoms with E-state index >= 15 is 0 Å². The smallest absolute Gasteiger partial charge is 0.243 e. The molecule has 27 heavy (non-hydrogen) atoms. The number of hydrogen-bond acceptors (Lipinski definition) is 5. The van der Waals surface area contributed by atoms with Gasteiger partial charge < -0.3 is 9.47 Å². The lowest BCUT2D eigenvalue weighted by molar-refractivity contribution is 0.173. The number of sulfonamides is 1. The SMILES string of the molecule is Cc1ccc(C)c(S(=O)(=O)N2CCN(Cc3ccc4c(c3)OCO4)CC2)c1. The number of hydrogen-bond donors (Lipinski definition) is 0. The van der Waals surface area contributed by atoms with Gasteiger partial charge >= 0.3 is 0 Å². The molecule has 0 amide bonds. The largest absolute Gasteiger partial charge is 0.454 e. The summed E-state index contributed by atoms with van der Waals surface area (Å²) in [5.74, 6) is 1.56. The Morgan fingerprint density at radius 3 is 2.44 bits per heavy atom. The summed E-state index contributed by atoms with van der Waals surface area (Å²) in [4.78, 5) is 2.69. The first-order valence-corrected chi connectivity index (χ1v) is 10.6. The number of nitrogens with zero attached hydrogens (tertiary/aromatic N) is 2. The number of aryl methyl sites for hydroxylation is 2. The predicted octanol–water partition coefficient (Wildman–Crippen LogP) is 2.54. The van der Waals surface area contributed by atoms with Gasteiger partial charge in [0.1, 0.15) is 0 Å². The fraction of sp³-hybridized carbons (Fsp3) is 0.400. The molecule has 0 aromatic heterocycles. The van der Waals surface area contributed by atoms with E-state index in [-0.39, 0.29) is 6.79 Å². The van der Waals surface area contributed by atoms with Gasteiger partial charge in [-0.3, -0.25) is 4.90 Å². The van der Waals surface area contributed by atoms with Crippen LogP contribution in [-0.4, -0.2) is 50.6 Å². The molecule has 6 nitrogen and oxygen atoms in total. The van der Waals surface area contributed by atoms with Crippen molar-refractivity contribution in [2.24, 2.45) is 0 Å². The molecule has 7 heteroatoms. The highest BCUT2D eigenvalue weighted by atomic mass is 32.2. The van der Waals surface area contributed by atoms with Crippen LogP contribution >= 0.6 is 0 Å². The number of benzene rings is 2. The monoisotopic (exact) mass is 388 g/mol. The molecule has 0 saturated carbocycles. The molecule has 1 saturated heterocycles. The van der Waals surface area contributed by atoms with Crippen LogP contribution < -0.4 is 9.47 Å². The number of fused-ring (bicyclic) bond motifs is 1. The van der Waals surface area contributed by atoms with Gasteiger partial charge in [0.15, 0.2) is 11.5 Å². The highest BCUT2D eigenvalue weighted by Crippen LogP contribution is 2.33. The highest BCUT2D eigenvalue weighted by Gasteiger charge is 2.29. The second-order valence-corrected chi connectivity index (χ2v) is 9.04. The topological polar surface area (TPSA) is 59.1 Å². The quantitative estimate of drug-likeness (QED) is 0.806. The van der Waals surface area contributed by atoms with Gasteiger partial charge in [0.05, 0.1) is 4.90 Å². The van der Waals surface area contributed by atoms with Crippen molar-refractivity contribution in [2.75, 3.05) is 33.0 Å². The van der Waals surface area contributed by atoms with Crippen LogP contribution in [0.5, 0.6) is 11.5 Å². The minimum atomic E-state index is -3.45. The molecule has 0 spiro atoms. The van der Waals surface area contributed by atoms with Gasteiger partial charge in [-0.05, 0) is 48.7 Å². The summed E-state index contributed by atoms with van der Waals surface area (Å²) >= 11 is 0. The van der Waals surface area contributed by atoms with Crippen LogP contribution in [0.1, 0.15) is 16.7 Å². The normalized spacial score (nSPS) is 18.0. The maximum absolute atomic E-state index is 13.0. The molecule has 0 radical (unpaired) electrons. The minimum absolute atomic E-state index is 0.272. The molecule has 2 aliphatic rings. The first-order chi connectivity index (χ1) is 12.9. The van der Waals surface area contributed by atoms with Gasteiger partial charge in [0.25, 0.3) is 0 Å². The molecule has 0 bridgehead atoms. The lowest BCUT2D eigenvalue weighted by atomic mass is 10.2. The fourth-order valence-electron chi connectivity index (χ4n) is 3.55. The molecule has 1 fully saturated rings. The molecule has 2 heterocycles. The molecule has 4 rings (SSSR count). The van der Waals surface area contributed by atoms with Crippen molar-refractivity contribution in [3.63, 3.8) is 0 Å². The Morgan fingerprint density at radius 1 is 0.926 bits per heavy atom. The molecule has 2 aromatic rings. The van der Waals surface area contributed by atoms with Crippen LogP contribution in [0.3, 0.4) is 0 Å². The van der Waals surface area contributed by atoms with Crippen molar-refractivity contribution in [2.45, 2.75) is 25.3 Å². The summed E-state index contributed by atoms with van der Waals surface area (Å²) in [5.41, 5.74) is 2.90. The average molecular weight is 388 g/mol. The maximum Gasteiger partial charge on any atom is 0.243 e. The van der Waals surface area contributed by atoms with Crippen LogP contribution in [0.4, 0.5) is 0 Å². The van der Waals surface area contributed by atoms with E-state index in [0.717, 1.165) is 34.7 Å². The summed E-state index contributed by atoms with van der Waals surface area (Å²) < 4.78 is 38.4. The van der Waals surface area contributed by atoms with Crippen LogP contribution in [0.15, 0.2) is 41.3 Å². The second kappa shape index (κ2) is 7.14. The Hall–Kier alpha value is -2.09. The first-order valence-electron chi connectivity index (χ1n) is 9.12. The van der Waals surface area contributed by atoms with Crippen molar-refractivity contribution in [3.8, 4) is 11.5 Å². The van der Waals surface area contributed by atoms with Gasteiger partial charge in [0.2, 0.25) is 16.8 Å². The van der Waals surface area contributed by atoms with Gasteiger partial charge in [0, 0.05) is 32.7 Å². The third-order valence-corrected chi connectivity index (χ3v) is 7.18. The van der Waals surface area contributed by atoms with Crippen LogP contribution in [0.25, 0.3) is 0 Å². The summed E-state index contributed by atoms with van der Waals surface area (Å²) in [7, 11) is -3.45. The molecule has 0 unspecified atom stereocenters. The van der Waals surface area contributed by atoms with E-state index in [1.807, 2.05) is 44.2 Å². The number of ether oxygens (including phenoxy) is 2. The van der Waals surface area contributed by atoms with Crippen molar-refractivity contribution >= 4 is 10.0 Å². The average Bonchev–Trinajstić information content (AvgIpc) is 3.12. The zero-order chi connectivity index (χ0) is 19.0. The zero-order valence-corrected chi connectivity index (χ0v) is 16.5. The van der Waals surface area contributed by atoms with Gasteiger partial charge in [-0.1, -0.05) is 18.2 Å².